The van der Waals surface area contributed by atoms with Crippen molar-refractivity contribution in [3.05, 3.63) is 46.7 Å². The highest BCUT2D eigenvalue weighted by Gasteiger charge is 2.36. The van der Waals surface area contributed by atoms with E-state index in [1.54, 1.807) is 19.3 Å². The third-order valence-corrected chi connectivity index (χ3v) is 6.86. The monoisotopic (exact) mass is 429 g/mol. The van der Waals surface area contributed by atoms with Crippen LogP contribution < -0.4 is 0 Å². The van der Waals surface area contributed by atoms with E-state index in [-0.39, 0.29) is 17.9 Å². The second-order valence-electron chi connectivity index (χ2n) is 8.12. The zero-order valence-electron chi connectivity index (χ0n) is 17.7. The number of piperidine rings is 1. The van der Waals surface area contributed by atoms with Gasteiger partial charge < -0.3 is 14.4 Å². The average Bonchev–Trinajstić information content (AvgIpc) is 3.47. The molecule has 8 nitrogen and oxygen atoms in total. The molecular weight excluding hydrogens is 402 g/mol. The summed E-state index contributed by atoms with van der Waals surface area (Å²) in [5.41, 5.74) is 0.161. The van der Waals surface area contributed by atoms with Crippen LogP contribution >= 0.6 is 11.3 Å². The number of amides is 1. The fraction of sp³-hybridized carbons (Fsp3) is 0.524. The maximum Gasteiger partial charge on any atom is 0.257 e. The molecule has 1 amide bonds. The van der Waals surface area contributed by atoms with Gasteiger partial charge in [-0.2, -0.15) is 10.2 Å². The molecule has 0 aromatic carbocycles. The van der Waals surface area contributed by atoms with Crippen LogP contribution in [0.25, 0.3) is 5.00 Å². The van der Waals surface area contributed by atoms with E-state index in [4.69, 9.17) is 4.42 Å². The van der Waals surface area contributed by atoms with Crippen LogP contribution in [0.5, 0.6) is 0 Å². The molecule has 0 bridgehead atoms. The number of hydrogen-bond acceptors (Lipinski definition) is 7. The molecule has 0 saturated carbocycles. The van der Waals surface area contributed by atoms with Gasteiger partial charge in [0.25, 0.3) is 5.91 Å². The summed E-state index contributed by atoms with van der Waals surface area (Å²) in [5.74, 6) is 1.19. The first-order valence-electron chi connectivity index (χ1n) is 10.3. The number of carbonyl (C=O) groups is 1. The quantitative estimate of drug-likeness (QED) is 0.665. The van der Waals surface area contributed by atoms with Crippen molar-refractivity contribution in [1.82, 2.24) is 24.9 Å². The van der Waals surface area contributed by atoms with E-state index in [0.717, 1.165) is 12.8 Å². The molecule has 9 heteroatoms. The standard InChI is InChI=1S/C21H27N5O3S/c1-5-21(4,28)17-14(3)29-18(24-17)15-7-6-13(2)25(12-15)19(27)16-8-11-30-20(16)26-22-9-10-23-26/h8-11,13,15,28H,5-7,12H2,1-4H3/t13-,15-,21-/m1/s1. The minimum absolute atomic E-state index is 0.00447. The fourth-order valence-corrected chi connectivity index (χ4v) is 4.75. The van der Waals surface area contributed by atoms with E-state index in [9.17, 15) is 9.90 Å². The van der Waals surface area contributed by atoms with Crippen LogP contribution in [0.1, 0.15) is 73.7 Å². The Morgan fingerprint density at radius 2 is 2.10 bits per heavy atom. The topological polar surface area (TPSA) is 97.3 Å². The maximum atomic E-state index is 13.4. The number of carbonyl (C=O) groups excluding carboxylic acids is 1. The Hall–Kier alpha value is -2.52. The number of rotatable bonds is 5. The SMILES string of the molecule is CC[C@@](C)(O)c1nc([C@@H]2CC[C@@H](C)N(C(=O)c3ccsc3-n3nccn3)C2)oc1C. The second-order valence-corrected chi connectivity index (χ2v) is 9.02. The molecule has 0 radical (unpaired) electrons. The van der Waals surface area contributed by atoms with Crippen molar-refractivity contribution in [2.45, 2.75) is 64.5 Å². The van der Waals surface area contributed by atoms with Gasteiger partial charge in [-0.3, -0.25) is 4.79 Å². The van der Waals surface area contributed by atoms with Crippen molar-refractivity contribution in [3.8, 4) is 5.00 Å². The van der Waals surface area contributed by atoms with Gasteiger partial charge in [0.1, 0.15) is 17.1 Å². The number of aryl methyl sites for hydroxylation is 1. The molecule has 4 rings (SSSR count). The molecule has 0 spiro atoms. The minimum atomic E-state index is -1.02. The Labute approximate surface area is 179 Å². The molecular formula is C21H27N5O3S. The lowest BCUT2D eigenvalue weighted by Crippen LogP contribution is -2.45. The molecule has 1 aliphatic heterocycles. The van der Waals surface area contributed by atoms with Gasteiger partial charge in [-0.1, -0.05) is 6.92 Å². The van der Waals surface area contributed by atoms with E-state index in [1.165, 1.54) is 16.1 Å². The van der Waals surface area contributed by atoms with E-state index in [1.807, 2.05) is 30.2 Å². The van der Waals surface area contributed by atoms with Crippen LogP contribution in [0.3, 0.4) is 0 Å². The Kier molecular flexibility index (Phi) is 5.50. The lowest BCUT2D eigenvalue weighted by atomic mass is 9.92. The van der Waals surface area contributed by atoms with Crippen LogP contribution in [-0.2, 0) is 5.60 Å². The summed E-state index contributed by atoms with van der Waals surface area (Å²) in [6.45, 7) is 8.10. The third-order valence-electron chi connectivity index (χ3n) is 5.98. The predicted molar refractivity (Wildman–Crippen MR) is 113 cm³/mol. The molecule has 4 heterocycles. The highest BCUT2D eigenvalue weighted by atomic mass is 32.1. The number of oxazole rings is 1. The number of likely N-dealkylation sites (tertiary alicyclic amines) is 1. The average molecular weight is 430 g/mol. The van der Waals surface area contributed by atoms with Gasteiger partial charge in [0.2, 0.25) is 0 Å². The molecule has 30 heavy (non-hydrogen) atoms. The predicted octanol–water partition coefficient (Wildman–Crippen LogP) is 3.65. The lowest BCUT2D eigenvalue weighted by Gasteiger charge is -2.37. The summed E-state index contributed by atoms with van der Waals surface area (Å²) in [7, 11) is 0. The Morgan fingerprint density at radius 3 is 2.80 bits per heavy atom. The molecule has 1 fully saturated rings. The highest BCUT2D eigenvalue weighted by Crippen LogP contribution is 2.35. The van der Waals surface area contributed by atoms with E-state index >= 15 is 0 Å². The fourth-order valence-electron chi connectivity index (χ4n) is 3.94. The molecule has 3 aromatic heterocycles. The van der Waals surface area contributed by atoms with Crippen molar-refractivity contribution in [3.63, 3.8) is 0 Å². The van der Waals surface area contributed by atoms with Crippen molar-refractivity contribution >= 4 is 17.2 Å². The van der Waals surface area contributed by atoms with E-state index in [2.05, 4.69) is 22.1 Å². The van der Waals surface area contributed by atoms with Gasteiger partial charge in [0.05, 0.1) is 23.9 Å². The molecule has 3 atom stereocenters. The minimum Gasteiger partial charge on any atom is -0.445 e. The smallest absolute Gasteiger partial charge is 0.257 e. The molecule has 0 unspecified atom stereocenters. The van der Waals surface area contributed by atoms with Gasteiger partial charge in [0.15, 0.2) is 10.9 Å². The Morgan fingerprint density at radius 1 is 1.37 bits per heavy atom. The van der Waals surface area contributed by atoms with E-state index < -0.39 is 5.60 Å². The molecule has 3 aromatic rings. The Bertz CT molecular complexity index is 1020. The normalized spacial score (nSPS) is 21.6. The summed E-state index contributed by atoms with van der Waals surface area (Å²) in [5, 5.41) is 21.6. The summed E-state index contributed by atoms with van der Waals surface area (Å²) >= 11 is 1.44. The summed E-state index contributed by atoms with van der Waals surface area (Å²) in [6.07, 6.45) is 5.49. The number of thiophene rings is 1. The van der Waals surface area contributed by atoms with E-state index in [0.29, 0.717) is 40.9 Å². The maximum absolute atomic E-state index is 13.4. The lowest BCUT2D eigenvalue weighted by molar-refractivity contribution is 0.0473. The van der Waals surface area contributed by atoms with Gasteiger partial charge in [-0.05, 0) is 51.5 Å². The number of nitrogens with zero attached hydrogens (tertiary/aromatic N) is 5. The molecule has 1 saturated heterocycles. The number of hydrogen-bond donors (Lipinski definition) is 1. The molecule has 0 aliphatic carbocycles. The molecule has 1 N–H and O–H groups in total. The van der Waals surface area contributed by atoms with Gasteiger partial charge in [-0.15, -0.1) is 16.1 Å². The van der Waals surface area contributed by atoms with Gasteiger partial charge in [0, 0.05) is 12.6 Å². The van der Waals surface area contributed by atoms with Crippen LogP contribution in [0.15, 0.2) is 28.3 Å². The van der Waals surface area contributed by atoms with Crippen molar-refractivity contribution < 1.29 is 14.3 Å². The van der Waals surface area contributed by atoms with Gasteiger partial charge >= 0.3 is 0 Å². The largest absolute Gasteiger partial charge is 0.445 e. The molecule has 1 aliphatic rings. The van der Waals surface area contributed by atoms with Crippen LogP contribution in [0, 0.1) is 6.92 Å². The summed E-state index contributed by atoms with van der Waals surface area (Å²) in [6, 6.07) is 1.94. The first kappa shape index (κ1) is 20.7. The van der Waals surface area contributed by atoms with Crippen LogP contribution in [0.4, 0.5) is 0 Å². The zero-order valence-corrected chi connectivity index (χ0v) is 18.5. The first-order chi connectivity index (χ1) is 14.3. The zero-order chi connectivity index (χ0) is 21.5. The second kappa shape index (κ2) is 7.96. The summed E-state index contributed by atoms with van der Waals surface area (Å²) in [4.78, 5) is 21.4. The van der Waals surface area contributed by atoms with Crippen molar-refractivity contribution in [1.29, 1.82) is 0 Å². The van der Waals surface area contributed by atoms with Crippen LogP contribution in [0.2, 0.25) is 0 Å². The van der Waals surface area contributed by atoms with Crippen molar-refractivity contribution in [2.75, 3.05) is 6.54 Å². The van der Waals surface area contributed by atoms with Gasteiger partial charge in [-0.25, -0.2) is 4.98 Å². The number of aromatic nitrogens is 4. The summed E-state index contributed by atoms with van der Waals surface area (Å²) < 4.78 is 5.95. The van der Waals surface area contributed by atoms with Crippen LogP contribution in [-0.4, -0.2) is 48.5 Å². The first-order valence-corrected chi connectivity index (χ1v) is 11.1. The Balaban J connectivity index is 1.59. The number of aliphatic hydroxyl groups is 1. The molecule has 160 valence electrons. The third kappa shape index (κ3) is 3.67. The highest BCUT2D eigenvalue weighted by molar-refractivity contribution is 7.12. The van der Waals surface area contributed by atoms with Crippen molar-refractivity contribution in [2.24, 2.45) is 0 Å².